The van der Waals surface area contributed by atoms with E-state index in [0.717, 1.165) is 5.56 Å². The number of pyridine rings is 1. The lowest BCUT2D eigenvalue weighted by Gasteiger charge is -2.04. The first-order valence-corrected chi connectivity index (χ1v) is 5.25. The minimum atomic E-state index is -0.263. The Bertz CT molecular complexity index is 526. The second-order valence-electron chi connectivity index (χ2n) is 3.41. The molecule has 17 heavy (non-hydrogen) atoms. The number of nitrogen functional groups attached to an aromatic ring is 1. The Labute approximate surface area is 103 Å². The summed E-state index contributed by atoms with van der Waals surface area (Å²) in [5.74, 6) is -0.0568. The first-order chi connectivity index (χ1) is 8.16. The number of nitrogens with one attached hydrogen (secondary N) is 1. The Morgan fingerprint density at radius 2 is 2.41 bits per heavy atom. The summed E-state index contributed by atoms with van der Waals surface area (Å²) in [6, 6.07) is 3.25. The average Bonchev–Trinajstić information content (AvgIpc) is 2.82. The SMILES string of the molecule is Nc1ncc(C(=O)NCc2ccoc2)cc1Cl. The fraction of sp³-hybridized carbons (Fsp3) is 0.0909. The van der Waals surface area contributed by atoms with Gasteiger partial charge < -0.3 is 15.5 Å². The van der Waals surface area contributed by atoms with E-state index in [2.05, 4.69) is 10.3 Å². The molecule has 2 heterocycles. The summed E-state index contributed by atoms with van der Waals surface area (Å²) in [7, 11) is 0. The van der Waals surface area contributed by atoms with Crippen LogP contribution in [0.3, 0.4) is 0 Å². The highest BCUT2D eigenvalue weighted by atomic mass is 35.5. The fourth-order valence-corrected chi connectivity index (χ4v) is 1.42. The fourth-order valence-electron chi connectivity index (χ4n) is 1.25. The van der Waals surface area contributed by atoms with E-state index in [1.807, 2.05) is 0 Å². The number of halogens is 1. The number of nitrogens with zero attached hydrogens (tertiary/aromatic N) is 1. The van der Waals surface area contributed by atoms with Crippen molar-refractivity contribution < 1.29 is 9.21 Å². The molecule has 2 rings (SSSR count). The minimum Gasteiger partial charge on any atom is -0.472 e. The lowest BCUT2D eigenvalue weighted by atomic mass is 10.2. The maximum Gasteiger partial charge on any atom is 0.253 e. The number of hydrogen-bond acceptors (Lipinski definition) is 4. The molecule has 0 saturated carbocycles. The summed E-state index contributed by atoms with van der Waals surface area (Å²) < 4.78 is 4.89. The third kappa shape index (κ3) is 2.76. The number of hydrogen-bond donors (Lipinski definition) is 2. The molecule has 6 heteroatoms. The molecule has 0 aromatic carbocycles. The molecule has 2 aromatic rings. The zero-order chi connectivity index (χ0) is 12.3. The van der Waals surface area contributed by atoms with Crippen molar-refractivity contribution in [2.45, 2.75) is 6.54 Å². The van der Waals surface area contributed by atoms with E-state index in [9.17, 15) is 4.79 Å². The van der Waals surface area contributed by atoms with Gasteiger partial charge in [0, 0.05) is 18.3 Å². The first kappa shape index (κ1) is 11.5. The second kappa shape index (κ2) is 4.88. The van der Waals surface area contributed by atoms with Crippen molar-refractivity contribution in [2.24, 2.45) is 0 Å². The van der Waals surface area contributed by atoms with Crippen LogP contribution in [0.5, 0.6) is 0 Å². The molecular formula is C11H10ClN3O2. The summed E-state index contributed by atoms with van der Waals surface area (Å²) in [5.41, 5.74) is 6.70. The van der Waals surface area contributed by atoms with Gasteiger partial charge in [-0.1, -0.05) is 11.6 Å². The van der Waals surface area contributed by atoms with Crippen LogP contribution in [0, 0.1) is 0 Å². The Hall–Kier alpha value is -2.01. The molecule has 0 bridgehead atoms. The summed E-state index contributed by atoms with van der Waals surface area (Å²) in [4.78, 5) is 15.5. The molecule has 1 amide bonds. The molecular weight excluding hydrogens is 242 g/mol. The summed E-state index contributed by atoms with van der Waals surface area (Å²) in [5, 5.41) is 2.97. The van der Waals surface area contributed by atoms with Gasteiger partial charge in [0.1, 0.15) is 5.82 Å². The van der Waals surface area contributed by atoms with Gasteiger partial charge in [-0.25, -0.2) is 4.98 Å². The predicted octanol–water partition coefficient (Wildman–Crippen LogP) is 1.84. The van der Waals surface area contributed by atoms with E-state index in [0.29, 0.717) is 12.1 Å². The molecule has 5 nitrogen and oxygen atoms in total. The zero-order valence-electron chi connectivity index (χ0n) is 8.81. The number of rotatable bonds is 3. The van der Waals surface area contributed by atoms with Gasteiger partial charge in [-0.3, -0.25) is 4.79 Å². The van der Waals surface area contributed by atoms with Gasteiger partial charge in [-0.2, -0.15) is 0 Å². The van der Waals surface area contributed by atoms with Gasteiger partial charge in [0.2, 0.25) is 0 Å². The van der Waals surface area contributed by atoms with Crippen LogP contribution in [0.2, 0.25) is 5.02 Å². The van der Waals surface area contributed by atoms with Crippen LogP contribution in [0.1, 0.15) is 15.9 Å². The van der Waals surface area contributed by atoms with Crippen molar-refractivity contribution >= 4 is 23.3 Å². The number of nitrogens with two attached hydrogens (primary N) is 1. The number of carbonyl (C=O) groups is 1. The molecule has 2 aromatic heterocycles. The molecule has 0 radical (unpaired) electrons. The Morgan fingerprint density at radius 3 is 3.06 bits per heavy atom. The number of amides is 1. The number of furan rings is 1. The zero-order valence-corrected chi connectivity index (χ0v) is 9.57. The summed E-state index contributed by atoms with van der Waals surface area (Å²) in [6.07, 6.45) is 4.49. The topological polar surface area (TPSA) is 81.1 Å². The molecule has 0 aliphatic carbocycles. The first-order valence-electron chi connectivity index (χ1n) is 4.87. The largest absolute Gasteiger partial charge is 0.472 e. The van der Waals surface area contributed by atoms with E-state index in [1.165, 1.54) is 12.3 Å². The van der Waals surface area contributed by atoms with Gasteiger partial charge in [0.05, 0.1) is 23.1 Å². The van der Waals surface area contributed by atoms with Crippen LogP contribution in [-0.4, -0.2) is 10.9 Å². The lowest BCUT2D eigenvalue weighted by molar-refractivity contribution is 0.0950. The maximum atomic E-state index is 11.7. The average molecular weight is 252 g/mol. The molecule has 0 aliphatic heterocycles. The third-order valence-corrected chi connectivity index (χ3v) is 2.47. The highest BCUT2D eigenvalue weighted by Crippen LogP contribution is 2.16. The second-order valence-corrected chi connectivity index (χ2v) is 3.81. The van der Waals surface area contributed by atoms with E-state index < -0.39 is 0 Å². The minimum absolute atomic E-state index is 0.207. The summed E-state index contributed by atoms with van der Waals surface area (Å²) >= 11 is 5.78. The molecule has 0 spiro atoms. The highest BCUT2D eigenvalue weighted by Gasteiger charge is 2.08. The highest BCUT2D eigenvalue weighted by molar-refractivity contribution is 6.33. The molecule has 3 N–H and O–H groups in total. The predicted molar refractivity (Wildman–Crippen MR) is 63.5 cm³/mol. The smallest absolute Gasteiger partial charge is 0.253 e. The van der Waals surface area contributed by atoms with Crippen molar-refractivity contribution in [3.8, 4) is 0 Å². The molecule has 0 atom stereocenters. The van der Waals surface area contributed by atoms with Crippen LogP contribution in [0.25, 0.3) is 0 Å². The maximum absolute atomic E-state index is 11.7. The van der Waals surface area contributed by atoms with E-state index in [1.54, 1.807) is 18.6 Å². The Kier molecular flexibility index (Phi) is 3.30. The lowest BCUT2D eigenvalue weighted by Crippen LogP contribution is -2.22. The standard InChI is InChI=1S/C11H10ClN3O2/c12-9-3-8(5-14-10(9)13)11(16)15-4-7-1-2-17-6-7/h1-3,5-6H,4H2,(H2,13,14)(H,15,16). The van der Waals surface area contributed by atoms with Crippen molar-refractivity contribution in [3.63, 3.8) is 0 Å². The molecule has 0 unspecified atom stereocenters. The number of aromatic nitrogens is 1. The van der Waals surface area contributed by atoms with Crippen molar-refractivity contribution in [2.75, 3.05) is 5.73 Å². The van der Waals surface area contributed by atoms with Crippen LogP contribution in [0.15, 0.2) is 35.3 Å². The van der Waals surface area contributed by atoms with Gasteiger partial charge in [-0.15, -0.1) is 0 Å². The van der Waals surface area contributed by atoms with Crippen LogP contribution >= 0.6 is 11.6 Å². The van der Waals surface area contributed by atoms with Crippen LogP contribution < -0.4 is 11.1 Å². The van der Waals surface area contributed by atoms with Crippen LogP contribution in [0.4, 0.5) is 5.82 Å². The molecule has 0 fully saturated rings. The van der Waals surface area contributed by atoms with Crippen molar-refractivity contribution in [1.82, 2.24) is 10.3 Å². The Morgan fingerprint density at radius 1 is 1.59 bits per heavy atom. The Balaban J connectivity index is 2.02. The molecule has 88 valence electrons. The van der Waals surface area contributed by atoms with Gasteiger partial charge in [0.25, 0.3) is 5.91 Å². The van der Waals surface area contributed by atoms with Crippen molar-refractivity contribution in [1.29, 1.82) is 0 Å². The van der Waals surface area contributed by atoms with Gasteiger partial charge in [0.15, 0.2) is 0 Å². The number of anilines is 1. The monoisotopic (exact) mass is 251 g/mol. The van der Waals surface area contributed by atoms with E-state index >= 15 is 0 Å². The van der Waals surface area contributed by atoms with E-state index in [-0.39, 0.29) is 16.7 Å². The quantitative estimate of drug-likeness (QED) is 0.872. The number of carbonyl (C=O) groups excluding carboxylic acids is 1. The summed E-state index contributed by atoms with van der Waals surface area (Å²) in [6.45, 7) is 0.386. The van der Waals surface area contributed by atoms with Gasteiger partial charge in [-0.05, 0) is 12.1 Å². The molecule has 0 aliphatic rings. The van der Waals surface area contributed by atoms with Gasteiger partial charge >= 0.3 is 0 Å². The molecule has 0 saturated heterocycles. The van der Waals surface area contributed by atoms with E-state index in [4.69, 9.17) is 21.8 Å². The van der Waals surface area contributed by atoms with Crippen LogP contribution in [-0.2, 0) is 6.54 Å². The normalized spacial score (nSPS) is 10.2. The van der Waals surface area contributed by atoms with Crippen molar-refractivity contribution in [3.05, 3.63) is 47.0 Å². The third-order valence-electron chi connectivity index (χ3n) is 2.17.